The lowest BCUT2D eigenvalue weighted by Gasteiger charge is -2.24. The van der Waals surface area contributed by atoms with Gasteiger partial charge in [-0.1, -0.05) is 6.07 Å². The number of fused-ring (bicyclic) bond motifs is 1. The molecule has 1 aliphatic heterocycles. The van der Waals surface area contributed by atoms with Crippen molar-refractivity contribution in [1.29, 1.82) is 0 Å². The molecular formula is C19H18FNO5. The summed E-state index contributed by atoms with van der Waals surface area (Å²) in [4.78, 5) is 24.4. The van der Waals surface area contributed by atoms with E-state index in [9.17, 15) is 14.0 Å². The molecule has 1 atom stereocenters. The summed E-state index contributed by atoms with van der Waals surface area (Å²) in [5.74, 6) is -1.02. The number of benzene rings is 2. The first-order valence-electron chi connectivity index (χ1n) is 7.98. The van der Waals surface area contributed by atoms with E-state index in [1.807, 2.05) is 0 Å². The highest BCUT2D eigenvalue weighted by molar-refractivity contribution is 5.99. The maximum atomic E-state index is 13.4. The van der Waals surface area contributed by atoms with Gasteiger partial charge in [-0.05, 0) is 35.9 Å². The highest BCUT2D eigenvalue weighted by Crippen LogP contribution is 2.34. The number of hydrogen-bond acceptors (Lipinski definition) is 5. The minimum absolute atomic E-state index is 0.0339. The van der Waals surface area contributed by atoms with Crippen molar-refractivity contribution in [3.05, 3.63) is 53.3 Å². The molecule has 6 nitrogen and oxygen atoms in total. The van der Waals surface area contributed by atoms with Crippen LogP contribution in [-0.2, 0) is 20.9 Å². The summed E-state index contributed by atoms with van der Waals surface area (Å²) < 4.78 is 29.2. The van der Waals surface area contributed by atoms with Gasteiger partial charge in [-0.25, -0.2) is 4.39 Å². The molecule has 136 valence electrons. The molecule has 0 saturated heterocycles. The van der Waals surface area contributed by atoms with E-state index in [0.29, 0.717) is 28.3 Å². The number of methoxy groups -OCH3 is 2. The zero-order valence-corrected chi connectivity index (χ0v) is 14.4. The van der Waals surface area contributed by atoms with Gasteiger partial charge in [-0.2, -0.15) is 0 Å². The average molecular weight is 359 g/mol. The van der Waals surface area contributed by atoms with Crippen LogP contribution in [0.25, 0.3) is 0 Å². The number of amides is 1. The van der Waals surface area contributed by atoms with Crippen molar-refractivity contribution >= 4 is 17.6 Å². The third kappa shape index (κ3) is 3.61. The van der Waals surface area contributed by atoms with E-state index in [1.54, 1.807) is 18.2 Å². The van der Waals surface area contributed by atoms with Gasteiger partial charge in [0.2, 0.25) is 5.91 Å². The van der Waals surface area contributed by atoms with Crippen molar-refractivity contribution in [3.63, 3.8) is 0 Å². The highest BCUT2D eigenvalue weighted by Gasteiger charge is 2.32. The van der Waals surface area contributed by atoms with Crippen LogP contribution < -0.4 is 14.8 Å². The summed E-state index contributed by atoms with van der Waals surface area (Å²) in [7, 11) is 3.05. The third-order valence-electron chi connectivity index (χ3n) is 4.20. The lowest BCUT2D eigenvalue weighted by molar-refractivity contribution is -0.148. The van der Waals surface area contributed by atoms with Crippen LogP contribution in [0.1, 0.15) is 23.5 Å². The molecule has 0 spiro atoms. The average Bonchev–Trinajstić information content (AvgIpc) is 2.64. The molecule has 7 heteroatoms. The minimum Gasteiger partial charge on any atom is -0.497 e. The summed E-state index contributed by atoms with van der Waals surface area (Å²) in [6.45, 7) is -0.0339. The van der Waals surface area contributed by atoms with Crippen LogP contribution in [0.15, 0.2) is 36.4 Å². The number of hydrogen-bond donors (Lipinski definition) is 1. The molecule has 1 amide bonds. The van der Waals surface area contributed by atoms with Crippen molar-refractivity contribution in [2.75, 3.05) is 19.5 Å². The number of anilines is 1. The van der Waals surface area contributed by atoms with Crippen LogP contribution >= 0.6 is 0 Å². The topological polar surface area (TPSA) is 73.9 Å². The predicted molar refractivity (Wildman–Crippen MR) is 91.7 cm³/mol. The van der Waals surface area contributed by atoms with Gasteiger partial charge in [0.05, 0.1) is 20.1 Å². The highest BCUT2D eigenvalue weighted by atomic mass is 19.1. The van der Waals surface area contributed by atoms with E-state index in [1.165, 1.54) is 32.4 Å². The molecule has 1 N–H and O–H groups in total. The molecule has 0 unspecified atom stereocenters. The van der Waals surface area contributed by atoms with E-state index < -0.39 is 17.7 Å². The summed E-state index contributed by atoms with van der Waals surface area (Å²) in [5.41, 5.74) is 1.47. The molecule has 1 aliphatic rings. The number of esters is 1. The van der Waals surface area contributed by atoms with E-state index in [-0.39, 0.29) is 18.9 Å². The predicted octanol–water partition coefficient (Wildman–Crippen LogP) is 3.01. The van der Waals surface area contributed by atoms with Crippen molar-refractivity contribution in [2.24, 2.45) is 0 Å². The van der Waals surface area contributed by atoms with Gasteiger partial charge in [0, 0.05) is 17.7 Å². The fraction of sp³-hybridized carbons (Fsp3) is 0.263. The number of halogens is 1. The Bertz CT molecular complexity index is 852. The molecule has 2 aromatic carbocycles. The zero-order valence-electron chi connectivity index (χ0n) is 14.4. The van der Waals surface area contributed by atoms with Gasteiger partial charge < -0.3 is 19.5 Å². The van der Waals surface area contributed by atoms with Crippen molar-refractivity contribution < 1.29 is 28.2 Å². The Morgan fingerprint density at radius 3 is 2.73 bits per heavy atom. The van der Waals surface area contributed by atoms with Crippen LogP contribution in [0.2, 0.25) is 0 Å². The van der Waals surface area contributed by atoms with Crippen molar-refractivity contribution in [3.8, 4) is 11.5 Å². The Kier molecular flexibility index (Phi) is 5.06. The molecule has 0 aliphatic carbocycles. The lowest BCUT2D eigenvalue weighted by Crippen LogP contribution is -2.28. The van der Waals surface area contributed by atoms with Gasteiger partial charge in [0.25, 0.3) is 0 Å². The van der Waals surface area contributed by atoms with Crippen LogP contribution in [0.5, 0.6) is 11.5 Å². The number of nitrogens with one attached hydrogen (secondary N) is 1. The quantitative estimate of drug-likeness (QED) is 0.831. The summed E-state index contributed by atoms with van der Waals surface area (Å²) in [6, 6.07) is 9.10. The van der Waals surface area contributed by atoms with Crippen LogP contribution in [0.3, 0.4) is 0 Å². The van der Waals surface area contributed by atoms with Crippen LogP contribution in [0.4, 0.5) is 10.1 Å². The Morgan fingerprint density at radius 1 is 1.19 bits per heavy atom. The molecule has 1 heterocycles. The van der Waals surface area contributed by atoms with Gasteiger partial charge in [0.1, 0.15) is 23.9 Å². The van der Waals surface area contributed by atoms with Crippen molar-refractivity contribution in [2.45, 2.75) is 18.9 Å². The fourth-order valence-corrected chi connectivity index (χ4v) is 2.89. The number of carbonyl (C=O) groups excluding carboxylic acids is 2. The maximum absolute atomic E-state index is 13.4. The lowest BCUT2D eigenvalue weighted by atomic mass is 9.90. The third-order valence-corrected chi connectivity index (χ3v) is 4.20. The number of rotatable bonds is 5. The number of ether oxygens (including phenoxy) is 3. The second-order valence-electron chi connectivity index (χ2n) is 5.82. The zero-order chi connectivity index (χ0) is 18.7. The maximum Gasteiger partial charge on any atom is 0.314 e. The summed E-state index contributed by atoms with van der Waals surface area (Å²) in [6.07, 6.45) is -0.0489. The van der Waals surface area contributed by atoms with E-state index in [2.05, 4.69) is 5.32 Å². The molecular weight excluding hydrogens is 341 g/mol. The van der Waals surface area contributed by atoms with E-state index in [4.69, 9.17) is 14.2 Å². The fourth-order valence-electron chi connectivity index (χ4n) is 2.89. The van der Waals surface area contributed by atoms with E-state index >= 15 is 0 Å². The second kappa shape index (κ2) is 7.43. The van der Waals surface area contributed by atoms with Crippen LogP contribution in [0, 0.1) is 5.82 Å². The first-order chi connectivity index (χ1) is 12.5. The van der Waals surface area contributed by atoms with Crippen molar-refractivity contribution in [1.82, 2.24) is 0 Å². The van der Waals surface area contributed by atoms with Gasteiger partial charge >= 0.3 is 5.97 Å². The minimum atomic E-state index is -0.782. The normalized spacial score (nSPS) is 15.7. The molecule has 3 rings (SSSR count). The first-order valence-corrected chi connectivity index (χ1v) is 7.98. The standard InChI is InChI=1S/C19H18FNO5/c1-24-13-4-6-17(25-2)11(7-13)10-26-19(23)15-9-18(22)21-16-8-12(20)3-5-14(15)16/h3-8,15H,9-10H2,1-2H3,(H,21,22)/t15-/m0/s1. The molecule has 0 aromatic heterocycles. The number of carbonyl (C=O) groups is 2. The second-order valence-corrected chi connectivity index (χ2v) is 5.82. The molecule has 0 saturated carbocycles. The summed E-state index contributed by atoms with van der Waals surface area (Å²) in [5, 5.41) is 2.57. The van der Waals surface area contributed by atoms with Crippen LogP contribution in [-0.4, -0.2) is 26.1 Å². The molecule has 26 heavy (non-hydrogen) atoms. The van der Waals surface area contributed by atoms with Gasteiger partial charge in [-0.15, -0.1) is 0 Å². The Hall–Kier alpha value is -3.09. The molecule has 0 fully saturated rings. The Morgan fingerprint density at radius 2 is 2.00 bits per heavy atom. The molecule has 0 bridgehead atoms. The van der Waals surface area contributed by atoms with E-state index in [0.717, 1.165) is 0 Å². The molecule has 0 radical (unpaired) electrons. The largest absolute Gasteiger partial charge is 0.497 e. The SMILES string of the molecule is COc1ccc(OC)c(COC(=O)[C@H]2CC(=O)Nc3cc(F)ccc32)c1. The Balaban J connectivity index is 1.78. The monoisotopic (exact) mass is 359 g/mol. The molecule has 2 aromatic rings. The van der Waals surface area contributed by atoms with Gasteiger partial charge in [-0.3, -0.25) is 9.59 Å². The Labute approximate surface area is 149 Å². The smallest absolute Gasteiger partial charge is 0.314 e. The summed E-state index contributed by atoms with van der Waals surface area (Å²) >= 11 is 0. The first kappa shape index (κ1) is 17.7. The van der Waals surface area contributed by atoms with Gasteiger partial charge in [0.15, 0.2) is 0 Å².